The maximum absolute atomic E-state index is 8.53. The smallest absolute Gasteiger partial charge is 0.171 e. The molecule has 0 aliphatic heterocycles. The third-order valence-corrected chi connectivity index (χ3v) is 2.09. The van der Waals surface area contributed by atoms with Crippen molar-refractivity contribution in [2.45, 2.75) is 13.3 Å². The molecule has 6 nitrogen and oxygen atoms in total. The van der Waals surface area contributed by atoms with Crippen molar-refractivity contribution < 1.29 is 5.21 Å². The number of aromatic nitrogens is 3. The molecule has 78 valence electrons. The molecule has 0 fully saturated rings. The minimum Gasteiger partial charge on any atom is -0.409 e. The third kappa shape index (κ3) is 1.61. The Morgan fingerprint density at radius 1 is 1.60 bits per heavy atom. The van der Waals surface area contributed by atoms with E-state index in [0.717, 1.165) is 17.9 Å². The van der Waals surface area contributed by atoms with Gasteiger partial charge in [-0.05, 0) is 12.1 Å². The van der Waals surface area contributed by atoms with Crippen molar-refractivity contribution >= 4 is 11.5 Å². The van der Waals surface area contributed by atoms with Crippen LogP contribution in [-0.4, -0.2) is 25.6 Å². The van der Waals surface area contributed by atoms with E-state index in [1.165, 1.54) is 0 Å². The van der Waals surface area contributed by atoms with Crippen LogP contribution in [0, 0.1) is 0 Å². The summed E-state index contributed by atoms with van der Waals surface area (Å²) in [5, 5.41) is 15.7. The Balaban J connectivity index is 2.55. The summed E-state index contributed by atoms with van der Waals surface area (Å²) < 4.78 is 1.62. The molecule has 2 rings (SSSR count). The molecule has 2 aromatic heterocycles. The van der Waals surface area contributed by atoms with Gasteiger partial charge in [0.1, 0.15) is 0 Å². The van der Waals surface area contributed by atoms with Crippen LogP contribution in [0.1, 0.15) is 18.3 Å². The van der Waals surface area contributed by atoms with Crippen LogP contribution in [0.2, 0.25) is 0 Å². The number of hydrogen-bond donors (Lipinski definition) is 2. The maximum atomic E-state index is 8.53. The normalized spacial score (nSPS) is 12.2. The fourth-order valence-electron chi connectivity index (χ4n) is 1.29. The van der Waals surface area contributed by atoms with E-state index in [4.69, 9.17) is 10.9 Å². The van der Waals surface area contributed by atoms with Crippen LogP contribution >= 0.6 is 0 Å². The molecule has 0 aromatic carbocycles. The molecule has 15 heavy (non-hydrogen) atoms. The van der Waals surface area contributed by atoms with E-state index in [1.54, 1.807) is 22.8 Å². The van der Waals surface area contributed by atoms with Crippen molar-refractivity contribution in [2.24, 2.45) is 10.9 Å². The van der Waals surface area contributed by atoms with Crippen LogP contribution in [0.3, 0.4) is 0 Å². The quantitative estimate of drug-likeness (QED) is 0.321. The van der Waals surface area contributed by atoms with Gasteiger partial charge in [0.2, 0.25) is 0 Å². The number of amidine groups is 1. The van der Waals surface area contributed by atoms with Crippen LogP contribution in [0.25, 0.3) is 5.65 Å². The number of fused-ring (bicyclic) bond motifs is 1. The van der Waals surface area contributed by atoms with Gasteiger partial charge in [-0.25, -0.2) is 9.50 Å². The lowest BCUT2D eigenvalue weighted by Crippen LogP contribution is -2.13. The van der Waals surface area contributed by atoms with E-state index in [-0.39, 0.29) is 5.84 Å². The van der Waals surface area contributed by atoms with Gasteiger partial charge in [-0.1, -0.05) is 12.1 Å². The van der Waals surface area contributed by atoms with E-state index < -0.39 is 0 Å². The van der Waals surface area contributed by atoms with Crippen molar-refractivity contribution in [1.82, 2.24) is 14.6 Å². The van der Waals surface area contributed by atoms with Crippen molar-refractivity contribution in [2.75, 3.05) is 0 Å². The summed E-state index contributed by atoms with van der Waals surface area (Å²) in [7, 11) is 0. The van der Waals surface area contributed by atoms with Gasteiger partial charge >= 0.3 is 0 Å². The average molecular weight is 205 g/mol. The molecular weight excluding hydrogens is 194 g/mol. The topological polar surface area (TPSA) is 88.8 Å². The zero-order valence-corrected chi connectivity index (χ0v) is 8.25. The second kappa shape index (κ2) is 3.56. The third-order valence-electron chi connectivity index (χ3n) is 2.09. The molecule has 0 aliphatic rings. The van der Waals surface area contributed by atoms with Gasteiger partial charge < -0.3 is 10.9 Å². The van der Waals surface area contributed by atoms with Crippen LogP contribution < -0.4 is 5.73 Å². The summed E-state index contributed by atoms with van der Waals surface area (Å²) in [6.45, 7) is 1.99. The number of oxime groups is 1. The first-order chi connectivity index (χ1) is 7.24. The molecule has 0 unspecified atom stereocenters. The summed E-state index contributed by atoms with van der Waals surface area (Å²) >= 11 is 0. The van der Waals surface area contributed by atoms with Crippen molar-refractivity contribution in [3.05, 3.63) is 29.7 Å². The first kappa shape index (κ1) is 9.45. The summed E-state index contributed by atoms with van der Waals surface area (Å²) in [5.41, 5.74) is 6.82. The molecule has 2 heterocycles. The van der Waals surface area contributed by atoms with Crippen LogP contribution in [0.5, 0.6) is 0 Å². The fraction of sp³-hybridized carbons (Fsp3) is 0.222. The first-order valence-electron chi connectivity index (χ1n) is 4.57. The SMILES string of the molecule is CCc1nc2ccc(/C(N)=N\O)cn2n1. The number of aryl methyl sites for hydroxylation is 1. The standard InChI is InChI=1S/C9H11N5O/c1-2-7-11-8-4-3-6(9(10)13-15)5-14(8)12-7/h3-5,15H,2H2,1H3,(H2,10,13). The van der Waals surface area contributed by atoms with Gasteiger partial charge in [-0.15, -0.1) is 0 Å². The predicted molar refractivity (Wildman–Crippen MR) is 54.9 cm³/mol. The molecule has 0 spiro atoms. The lowest BCUT2D eigenvalue weighted by atomic mass is 10.3. The van der Waals surface area contributed by atoms with E-state index in [0.29, 0.717) is 5.56 Å². The molecule has 6 heteroatoms. The van der Waals surface area contributed by atoms with E-state index >= 15 is 0 Å². The highest BCUT2D eigenvalue weighted by Gasteiger charge is 2.04. The second-order valence-electron chi connectivity index (χ2n) is 3.09. The molecule has 0 amide bonds. The lowest BCUT2D eigenvalue weighted by molar-refractivity contribution is 0.318. The Kier molecular flexibility index (Phi) is 2.24. The zero-order valence-electron chi connectivity index (χ0n) is 8.25. The van der Waals surface area contributed by atoms with E-state index in [2.05, 4.69) is 15.2 Å². The fourth-order valence-corrected chi connectivity index (χ4v) is 1.29. The Morgan fingerprint density at radius 2 is 2.40 bits per heavy atom. The Labute approximate surface area is 86.0 Å². The number of nitrogens with zero attached hydrogens (tertiary/aromatic N) is 4. The van der Waals surface area contributed by atoms with Crippen LogP contribution in [0.15, 0.2) is 23.5 Å². The van der Waals surface area contributed by atoms with Crippen molar-refractivity contribution in [3.8, 4) is 0 Å². The number of rotatable bonds is 2. The number of hydrogen-bond acceptors (Lipinski definition) is 4. The highest BCUT2D eigenvalue weighted by Crippen LogP contribution is 2.05. The number of pyridine rings is 1. The molecule has 0 saturated heterocycles. The van der Waals surface area contributed by atoms with E-state index in [9.17, 15) is 0 Å². The molecule has 2 aromatic rings. The van der Waals surface area contributed by atoms with Crippen molar-refractivity contribution in [3.63, 3.8) is 0 Å². The van der Waals surface area contributed by atoms with Gasteiger partial charge in [0.15, 0.2) is 17.3 Å². The lowest BCUT2D eigenvalue weighted by Gasteiger charge is -1.97. The average Bonchev–Trinajstić information content (AvgIpc) is 2.69. The predicted octanol–water partition coefficient (Wildman–Crippen LogP) is 0.386. The largest absolute Gasteiger partial charge is 0.409 e. The minimum atomic E-state index is 0.0606. The van der Waals surface area contributed by atoms with Crippen LogP contribution in [0.4, 0.5) is 0 Å². The molecule has 0 atom stereocenters. The molecule has 0 radical (unpaired) electrons. The molecule has 3 N–H and O–H groups in total. The van der Waals surface area contributed by atoms with Crippen LogP contribution in [-0.2, 0) is 6.42 Å². The first-order valence-corrected chi connectivity index (χ1v) is 4.57. The highest BCUT2D eigenvalue weighted by atomic mass is 16.4. The second-order valence-corrected chi connectivity index (χ2v) is 3.09. The Morgan fingerprint density at radius 3 is 3.07 bits per heavy atom. The van der Waals surface area contributed by atoms with Gasteiger partial charge in [-0.3, -0.25) is 0 Å². The number of nitrogens with two attached hydrogens (primary N) is 1. The van der Waals surface area contributed by atoms with Crippen molar-refractivity contribution in [1.29, 1.82) is 0 Å². The summed E-state index contributed by atoms with van der Waals surface area (Å²) in [4.78, 5) is 4.27. The highest BCUT2D eigenvalue weighted by molar-refractivity contribution is 5.96. The molecule has 0 aliphatic carbocycles. The van der Waals surface area contributed by atoms with Gasteiger partial charge in [-0.2, -0.15) is 5.10 Å². The summed E-state index contributed by atoms with van der Waals surface area (Å²) in [6, 6.07) is 3.51. The molecule has 0 saturated carbocycles. The Hall–Kier alpha value is -2.11. The van der Waals surface area contributed by atoms with Gasteiger partial charge in [0.05, 0.1) is 0 Å². The van der Waals surface area contributed by atoms with Gasteiger partial charge in [0, 0.05) is 18.2 Å². The summed E-state index contributed by atoms with van der Waals surface area (Å²) in [6.07, 6.45) is 2.46. The molecule has 0 bridgehead atoms. The van der Waals surface area contributed by atoms with E-state index in [1.807, 2.05) is 6.92 Å². The minimum absolute atomic E-state index is 0.0606. The zero-order chi connectivity index (χ0) is 10.8. The Bertz CT molecular complexity index is 516. The molecular formula is C9H11N5O. The van der Waals surface area contributed by atoms with Gasteiger partial charge in [0.25, 0.3) is 0 Å². The monoisotopic (exact) mass is 205 g/mol. The maximum Gasteiger partial charge on any atom is 0.171 e. The summed E-state index contributed by atoms with van der Waals surface area (Å²) in [5.74, 6) is 0.831.